The average molecular weight is 485 g/mol. The molecule has 1 heterocycles. The van der Waals surface area contributed by atoms with Crippen LogP contribution in [-0.4, -0.2) is 44.8 Å². The van der Waals surface area contributed by atoms with Gasteiger partial charge in [0.15, 0.2) is 6.61 Å². The number of ether oxygens (including phenoxy) is 3. The number of halogens is 2. The molecule has 7 nitrogen and oxygen atoms in total. The third-order valence-corrected chi connectivity index (χ3v) is 5.41. The minimum atomic E-state index is -0.809. The Labute approximate surface area is 201 Å². The summed E-state index contributed by atoms with van der Waals surface area (Å²) in [5, 5.41) is 3.24. The Hall–Kier alpha value is -3.62. The number of hydrogen-bond donors (Lipinski definition) is 1. The topological polar surface area (TPSA) is 77.1 Å². The molecular weight excluding hydrogens is 463 g/mol. The predicted molar refractivity (Wildman–Crippen MR) is 126 cm³/mol. The molecule has 1 fully saturated rings. The summed E-state index contributed by atoms with van der Waals surface area (Å²) >= 11 is 6.07. The molecular formula is C25H22ClFN2O5. The lowest BCUT2D eigenvalue weighted by atomic mass is 10.2. The van der Waals surface area contributed by atoms with Crippen LogP contribution in [0.2, 0.25) is 5.02 Å². The lowest BCUT2D eigenvalue weighted by Crippen LogP contribution is -2.37. The molecule has 0 unspecified atom stereocenters. The molecule has 0 aliphatic carbocycles. The summed E-state index contributed by atoms with van der Waals surface area (Å²) in [6.45, 7) is 1.97. The van der Waals surface area contributed by atoms with E-state index in [-0.39, 0.29) is 23.8 Å². The third-order valence-electron chi connectivity index (χ3n) is 5.09. The molecule has 3 aromatic rings. The fourth-order valence-electron chi connectivity index (χ4n) is 3.43. The van der Waals surface area contributed by atoms with Gasteiger partial charge in [0.2, 0.25) is 0 Å². The van der Waals surface area contributed by atoms with Gasteiger partial charge in [-0.3, -0.25) is 4.79 Å². The van der Waals surface area contributed by atoms with Crippen molar-refractivity contribution >= 4 is 34.9 Å². The van der Waals surface area contributed by atoms with Crippen LogP contribution in [0, 0.1) is 5.82 Å². The van der Waals surface area contributed by atoms with Crippen LogP contribution in [0.4, 0.5) is 15.8 Å². The van der Waals surface area contributed by atoms with Crippen molar-refractivity contribution < 1.29 is 28.2 Å². The van der Waals surface area contributed by atoms with E-state index in [0.29, 0.717) is 48.5 Å². The summed E-state index contributed by atoms with van der Waals surface area (Å²) < 4.78 is 30.3. The molecule has 0 saturated carbocycles. The standard InChI is InChI=1S/C25H22ClFN2O5/c26-19-6-2-4-8-23(19)33-16-24(30)28-21-10-9-17(15-22(21)29-11-13-32-14-12-29)34-25(31)18-5-1-3-7-20(18)27/h1-10,15H,11-14,16H2,(H,28,30). The quantitative estimate of drug-likeness (QED) is 0.391. The van der Waals surface area contributed by atoms with Crippen LogP contribution in [-0.2, 0) is 9.53 Å². The number of nitrogens with one attached hydrogen (secondary N) is 1. The molecule has 9 heteroatoms. The molecule has 1 aliphatic heterocycles. The van der Waals surface area contributed by atoms with Crippen LogP contribution in [0.1, 0.15) is 10.4 Å². The van der Waals surface area contributed by atoms with Gasteiger partial charge in [0.1, 0.15) is 17.3 Å². The number of nitrogens with zero attached hydrogens (tertiary/aromatic N) is 1. The van der Waals surface area contributed by atoms with Gasteiger partial charge in [-0.25, -0.2) is 9.18 Å². The van der Waals surface area contributed by atoms with Gasteiger partial charge in [-0.1, -0.05) is 35.9 Å². The molecule has 176 valence electrons. The number of rotatable bonds is 7. The minimum Gasteiger partial charge on any atom is -0.482 e. The maximum Gasteiger partial charge on any atom is 0.346 e. The summed E-state index contributed by atoms with van der Waals surface area (Å²) in [5.74, 6) is -1.23. The number of carbonyl (C=O) groups is 2. The number of carbonyl (C=O) groups excluding carboxylic acids is 2. The molecule has 34 heavy (non-hydrogen) atoms. The molecule has 1 saturated heterocycles. The molecule has 0 bridgehead atoms. The second kappa shape index (κ2) is 11.0. The normalized spacial score (nSPS) is 13.3. The Morgan fingerprint density at radius 1 is 1.03 bits per heavy atom. The van der Waals surface area contributed by atoms with Crippen molar-refractivity contribution in [3.05, 3.63) is 83.1 Å². The van der Waals surface area contributed by atoms with E-state index in [0.717, 1.165) is 0 Å². The number of esters is 1. The van der Waals surface area contributed by atoms with Crippen molar-refractivity contribution in [3.63, 3.8) is 0 Å². The van der Waals surface area contributed by atoms with Gasteiger partial charge in [0, 0.05) is 19.2 Å². The summed E-state index contributed by atoms with van der Waals surface area (Å²) in [7, 11) is 0. The van der Waals surface area contributed by atoms with Crippen LogP contribution in [0.15, 0.2) is 66.7 Å². The van der Waals surface area contributed by atoms with Crippen LogP contribution in [0.25, 0.3) is 0 Å². The molecule has 0 spiro atoms. The second-order valence-electron chi connectivity index (χ2n) is 7.42. The van der Waals surface area contributed by atoms with E-state index < -0.39 is 11.8 Å². The van der Waals surface area contributed by atoms with E-state index in [9.17, 15) is 14.0 Å². The van der Waals surface area contributed by atoms with Crippen LogP contribution in [0.5, 0.6) is 11.5 Å². The van der Waals surface area contributed by atoms with E-state index in [1.165, 1.54) is 24.3 Å². The van der Waals surface area contributed by atoms with E-state index >= 15 is 0 Å². The summed E-state index contributed by atoms with van der Waals surface area (Å²) in [5.41, 5.74) is 0.998. The van der Waals surface area contributed by atoms with Gasteiger partial charge in [-0.2, -0.15) is 0 Å². The molecule has 0 aromatic heterocycles. The minimum absolute atomic E-state index is 0.162. The van der Waals surface area contributed by atoms with Gasteiger partial charge in [0.25, 0.3) is 5.91 Å². The second-order valence-corrected chi connectivity index (χ2v) is 7.82. The Morgan fingerprint density at radius 2 is 1.76 bits per heavy atom. The number of anilines is 2. The highest BCUT2D eigenvalue weighted by molar-refractivity contribution is 6.32. The lowest BCUT2D eigenvalue weighted by Gasteiger charge is -2.30. The summed E-state index contributed by atoms with van der Waals surface area (Å²) in [6.07, 6.45) is 0. The van der Waals surface area contributed by atoms with Gasteiger partial charge in [0.05, 0.1) is 35.2 Å². The number of amides is 1. The lowest BCUT2D eigenvalue weighted by molar-refractivity contribution is -0.118. The van der Waals surface area contributed by atoms with Gasteiger partial charge in [-0.05, 0) is 36.4 Å². The smallest absolute Gasteiger partial charge is 0.346 e. The van der Waals surface area contributed by atoms with Gasteiger partial charge < -0.3 is 24.4 Å². The number of para-hydroxylation sites is 1. The SMILES string of the molecule is O=C(COc1ccccc1Cl)Nc1ccc(OC(=O)c2ccccc2F)cc1N1CCOCC1. The van der Waals surface area contributed by atoms with E-state index in [1.807, 2.05) is 4.90 Å². The summed E-state index contributed by atoms with van der Waals surface area (Å²) in [6, 6.07) is 17.3. The first kappa shape index (κ1) is 23.5. The zero-order valence-corrected chi connectivity index (χ0v) is 18.9. The van der Waals surface area contributed by atoms with Gasteiger partial charge in [-0.15, -0.1) is 0 Å². The molecule has 4 rings (SSSR count). The summed E-state index contributed by atoms with van der Waals surface area (Å²) in [4.78, 5) is 27.0. The fraction of sp³-hybridized carbons (Fsp3) is 0.200. The molecule has 1 amide bonds. The maximum absolute atomic E-state index is 14.0. The van der Waals surface area contributed by atoms with Crippen molar-refractivity contribution in [1.82, 2.24) is 0 Å². The van der Waals surface area contributed by atoms with Crippen molar-refractivity contribution in [2.24, 2.45) is 0 Å². The Morgan fingerprint density at radius 3 is 2.53 bits per heavy atom. The zero-order chi connectivity index (χ0) is 23.9. The largest absolute Gasteiger partial charge is 0.482 e. The van der Waals surface area contributed by atoms with Crippen molar-refractivity contribution in [2.45, 2.75) is 0 Å². The first-order valence-corrected chi connectivity index (χ1v) is 11.0. The van der Waals surface area contributed by atoms with Crippen LogP contribution >= 0.6 is 11.6 Å². The molecule has 1 aliphatic rings. The number of benzene rings is 3. The Kier molecular flexibility index (Phi) is 7.61. The van der Waals surface area contributed by atoms with Crippen molar-refractivity contribution in [1.29, 1.82) is 0 Å². The van der Waals surface area contributed by atoms with Crippen LogP contribution < -0.4 is 19.7 Å². The first-order valence-electron chi connectivity index (χ1n) is 10.6. The molecule has 0 radical (unpaired) electrons. The Balaban J connectivity index is 1.51. The average Bonchev–Trinajstić information content (AvgIpc) is 2.85. The van der Waals surface area contributed by atoms with Gasteiger partial charge >= 0.3 is 5.97 Å². The third kappa shape index (κ3) is 5.84. The Bertz CT molecular complexity index is 1180. The maximum atomic E-state index is 14.0. The van der Waals surface area contributed by atoms with E-state index in [1.54, 1.807) is 42.5 Å². The van der Waals surface area contributed by atoms with E-state index in [2.05, 4.69) is 5.32 Å². The monoisotopic (exact) mass is 484 g/mol. The molecule has 0 atom stereocenters. The first-order chi connectivity index (χ1) is 16.5. The highest BCUT2D eigenvalue weighted by Crippen LogP contribution is 2.32. The van der Waals surface area contributed by atoms with E-state index in [4.69, 9.17) is 25.8 Å². The van der Waals surface area contributed by atoms with Crippen molar-refractivity contribution in [2.75, 3.05) is 43.1 Å². The zero-order valence-electron chi connectivity index (χ0n) is 18.1. The predicted octanol–water partition coefficient (Wildman–Crippen LogP) is 4.55. The number of morpholine rings is 1. The highest BCUT2D eigenvalue weighted by atomic mass is 35.5. The molecule has 3 aromatic carbocycles. The van der Waals surface area contributed by atoms with Crippen molar-refractivity contribution in [3.8, 4) is 11.5 Å². The fourth-order valence-corrected chi connectivity index (χ4v) is 3.62. The van der Waals surface area contributed by atoms with Crippen LogP contribution in [0.3, 0.4) is 0 Å². The number of hydrogen-bond acceptors (Lipinski definition) is 6. The highest BCUT2D eigenvalue weighted by Gasteiger charge is 2.20. The molecule has 1 N–H and O–H groups in total.